The van der Waals surface area contributed by atoms with Crippen LogP contribution in [0, 0.1) is 0 Å². The smallest absolute Gasteiger partial charge is 0.491 e. The molecule has 0 atom stereocenters. The Kier molecular flexibility index (Phi) is 3.97. The first-order valence-electron chi connectivity index (χ1n) is 4.03. The highest BCUT2D eigenvalue weighted by Crippen LogP contribution is 2.36. The molecule has 3 nitrogen and oxygen atoms in total. The highest BCUT2D eigenvalue weighted by Gasteiger charge is 2.34. The maximum absolute atomic E-state index is 12.4. The van der Waals surface area contributed by atoms with E-state index in [2.05, 4.69) is 14.5 Å². The summed E-state index contributed by atoms with van der Waals surface area (Å²) in [7, 11) is 0.989. The fourth-order valence-corrected chi connectivity index (χ4v) is 1.17. The quantitative estimate of drug-likeness (QED) is 0.625. The van der Waals surface area contributed by atoms with Gasteiger partial charge < -0.3 is 9.47 Å². The Morgan fingerprint density at radius 3 is 2.35 bits per heavy atom. The van der Waals surface area contributed by atoms with Gasteiger partial charge in [-0.3, -0.25) is 0 Å². The van der Waals surface area contributed by atoms with Gasteiger partial charge in [-0.25, -0.2) is 8.78 Å². The molecular weight excluding hydrogens is 273 g/mol. The minimum absolute atomic E-state index is 0.581. The zero-order chi connectivity index (χ0) is 13.2. The summed E-state index contributed by atoms with van der Waals surface area (Å²) in [6.07, 6.45) is -8.00. The molecule has 0 saturated carbocycles. The van der Waals surface area contributed by atoms with Gasteiger partial charge in [-0.15, -0.1) is 13.2 Å². The van der Waals surface area contributed by atoms with Gasteiger partial charge in [-0.05, 0) is 6.07 Å². The maximum Gasteiger partial charge on any atom is 0.574 e. The van der Waals surface area contributed by atoms with Gasteiger partial charge in [-0.1, -0.05) is 11.6 Å². The molecule has 0 radical (unpaired) electrons. The average Bonchev–Trinajstić information content (AvgIpc) is 2.14. The number of halogens is 6. The van der Waals surface area contributed by atoms with Crippen LogP contribution in [0.5, 0.6) is 11.6 Å². The van der Waals surface area contributed by atoms with Gasteiger partial charge in [0.15, 0.2) is 5.75 Å². The monoisotopic (exact) mass is 277 g/mol. The van der Waals surface area contributed by atoms with Crippen molar-refractivity contribution in [3.05, 3.63) is 16.8 Å². The lowest BCUT2D eigenvalue weighted by Gasteiger charge is -2.13. The molecule has 9 heteroatoms. The SMILES string of the molecule is COc1cc(C(F)F)c(Cl)nc1OC(F)(F)F. The van der Waals surface area contributed by atoms with Crippen LogP contribution in [-0.4, -0.2) is 18.5 Å². The number of pyridine rings is 1. The lowest BCUT2D eigenvalue weighted by Crippen LogP contribution is -2.18. The van der Waals surface area contributed by atoms with Crippen molar-refractivity contribution < 1.29 is 31.4 Å². The Hall–Kier alpha value is -1.31. The standard InChI is InChI=1S/C8H5ClF5NO2/c1-16-4-2-3(6(10)11)5(9)15-7(4)17-8(12,13)14/h2,6H,1H3. The molecule has 0 bridgehead atoms. The lowest BCUT2D eigenvalue weighted by atomic mass is 10.3. The number of rotatable bonds is 3. The van der Waals surface area contributed by atoms with Crippen LogP contribution in [0.2, 0.25) is 5.15 Å². The zero-order valence-electron chi connectivity index (χ0n) is 8.19. The summed E-state index contributed by atoms with van der Waals surface area (Å²) in [4.78, 5) is 3.07. The third kappa shape index (κ3) is 3.58. The number of methoxy groups -OCH3 is 1. The molecule has 0 saturated heterocycles. The molecule has 0 amide bonds. The predicted molar refractivity (Wildman–Crippen MR) is 47.4 cm³/mol. The Labute approximate surface area is 97.1 Å². The van der Waals surface area contributed by atoms with Crippen molar-refractivity contribution in [2.24, 2.45) is 0 Å². The summed E-state index contributed by atoms with van der Waals surface area (Å²) in [5, 5.41) is -0.778. The van der Waals surface area contributed by atoms with E-state index in [1.165, 1.54) is 0 Å². The minimum atomic E-state index is -5.02. The molecule has 96 valence electrons. The predicted octanol–water partition coefficient (Wildman–Crippen LogP) is 3.58. The second kappa shape index (κ2) is 4.91. The molecular formula is C8H5ClF5NO2. The molecule has 0 aliphatic rings. The first-order chi connectivity index (χ1) is 7.74. The second-order valence-corrected chi connectivity index (χ2v) is 3.08. The Morgan fingerprint density at radius 2 is 1.94 bits per heavy atom. The number of hydrogen-bond donors (Lipinski definition) is 0. The van der Waals surface area contributed by atoms with Gasteiger partial charge in [0, 0.05) is 0 Å². The van der Waals surface area contributed by atoms with Crippen molar-refractivity contribution in [3.8, 4) is 11.6 Å². The Balaban J connectivity index is 3.19. The number of hydrogen-bond acceptors (Lipinski definition) is 3. The van der Waals surface area contributed by atoms with Crippen LogP contribution < -0.4 is 9.47 Å². The molecule has 0 fully saturated rings. The van der Waals surface area contributed by atoms with Crippen LogP contribution in [0.15, 0.2) is 6.07 Å². The largest absolute Gasteiger partial charge is 0.574 e. The van der Waals surface area contributed by atoms with E-state index in [1.54, 1.807) is 0 Å². The summed E-state index contributed by atoms with van der Waals surface area (Å²) in [6.45, 7) is 0. The highest BCUT2D eigenvalue weighted by molar-refractivity contribution is 6.30. The van der Waals surface area contributed by atoms with E-state index < -0.39 is 35.1 Å². The van der Waals surface area contributed by atoms with Crippen LogP contribution in [0.4, 0.5) is 22.0 Å². The van der Waals surface area contributed by atoms with Gasteiger partial charge in [0.05, 0.1) is 12.7 Å². The summed E-state index contributed by atoms with van der Waals surface area (Å²) < 4.78 is 68.5. The normalized spacial score (nSPS) is 11.8. The Morgan fingerprint density at radius 1 is 1.35 bits per heavy atom. The van der Waals surface area contributed by atoms with Crippen molar-refractivity contribution in [2.45, 2.75) is 12.8 Å². The molecule has 17 heavy (non-hydrogen) atoms. The third-order valence-electron chi connectivity index (χ3n) is 1.60. The van der Waals surface area contributed by atoms with E-state index in [9.17, 15) is 22.0 Å². The molecule has 0 aromatic carbocycles. The molecule has 1 rings (SSSR count). The molecule has 1 aromatic rings. The first kappa shape index (κ1) is 13.8. The summed E-state index contributed by atoms with van der Waals surface area (Å²) in [5.41, 5.74) is -0.738. The van der Waals surface area contributed by atoms with Crippen molar-refractivity contribution in [2.75, 3.05) is 7.11 Å². The molecule has 1 heterocycles. The van der Waals surface area contributed by atoms with E-state index in [-0.39, 0.29) is 0 Å². The van der Waals surface area contributed by atoms with Crippen LogP contribution in [0.1, 0.15) is 12.0 Å². The van der Waals surface area contributed by atoms with E-state index >= 15 is 0 Å². The number of aromatic nitrogens is 1. The number of alkyl halides is 5. The van der Waals surface area contributed by atoms with Crippen LogP contribution in [0.25, 0.3) is 0 Å². The third-order valence-corrected chi connectivity index (χ3v) is 1.91. The van der Waals surface area contributed by atoms with Crippen LogP contribution >= 0.6 is 11.6 Å². The Bertz CT molecular complexity index is 410. The molecule has 0 unspecified atom stereocenters. The van der Waals surface area contributed by atoms with Crippen LogP contribution in [0.3, 0.4) is 0 Å². The van der Waals surface area contributed by atoms with E-state index in [1.807, 2.05) is 0 Å². The highest BCUT2D eigenvalue weighted by atomic mass is 35.5. The van der Waals surface area contributed by atoms with Gasteiger partial charge in [-0.2, -0.15) is 4.98 Å². The van der Waals surface area contributed by atoms with Gasteiger partial charge >= 0.3 is 6.36 Å². The second-order valence-electron chi connectivity index (χ2n) is 2.72. The lowest BCUT2D eigenvalue weighted by molar-refractivity contribution is -0.276. The number of ether oxygens (including phenoxy) is 2. The van der Waals surface area contributed by atoms with Crippen molar-refractivity contribution in [1.29, 1.82) is 0 Å². The fourth-order valence-electron chi connectivity index (χ4n) is 0.953. The van der Waals surface area contributed by atoms with E-state index in [4.69, 9.17) is 11.6 Å². The van der Waals surface area contributed by atoms with Crippen LogP contribution in [-0.2, 0) is 0 Å². The average molecular weight is 278 g/mol. The van der Waals surface area contributed by atoms with Gasteiger partial charge in [0.2, 0.25) is 0 Å². The van der Waals surface area contributed by atoms with Crippen molar-refractivity contribution in [1.82, 2.24) is 4.98 Å². The summed E-state index contributed by atoms with van der Waals surface area (Å²) in [5.74, 6) is -1.60. The number of nitrogens with zero attached hydrogens (tertiary/aromatic N) is 1. The fraction of sp³-hybridized carbons (Fsp3) is 0.375. The topological polar surface area (TPSA) is 31.4 Å². The van der Waals surface area contributed by atoms with Crippen molar-refractivity contribution >= 4 is 11.6 Å². The molecule has 0 spiro atoms. The molecule has 1 aromatic heterocycles. The summed E-state index contributed by atoms with van der Waals surface area (Å²) in [6, 6.07) is 0.640. The maximum atomic E-state index is 12.4. The minimum Gasteiger partial charge on any atom is -0.491 e. The zero-order valence-corrected chi connectivity index (χ0v) is 8.94. The van der Waals surface area contributed by atoms with E-state index in [0.717, 1.165) is 7.11 Å². The molecule has 0 aliphatic carbocycles. The van der Waals surface area contributed by atoms with Gasteiger partial charge in [0.25, 0.3) is 12.3 Å². The van der Waals surface area contributed by atoms with E-state index in [0.29, 0.717) is 6.07 Å². The summed E-state index contributed by atoms with van der Waals surface area (Å²) >= 11 is 5.29. The molecule has 0 N–H and O–H groups in total. The molecule has 0 aliphatic heterocycles. The van der Waals surface area contributed by atoms with Gasteiger partial charge in [0.1, 0.15) is 5.15 Å². The van der Waals surface area contributed by atoms with Crippen molar-refractivity contribution in [3.63, 3.8) is 0 Å². The first-order valence-corrected chi connectivity index (χ1v) is 4.40.